The van der Waals surface area contributed by atoms with Crippen molar-refractivity contribution >= 4 is 11.6 Å². The molecule has 84 valence electrons. The lowest BCUT2D eigenvalue weighted by atomic mass is 10.2. The average molecular weight is 233 g/mol. The number of halogens is 2. The monoisotopic (exact) mass is 232 g/mol. The molecule has 0 amide bonds. The third kappa shape index (κ3) is 5.00. The Morgan fingerprint density at radius 2 is 2.20 bits per heavy atom. The van der Waals surface area contributed by atoms with Gasteiger partial charge in [0.2, 0.25) is 6.86 Å². The number of benzene rings is 1. The molecule has 0 bridgehead atoms. The maximum absolute atomic E-state index is 11.9. The van der Waals surface area contributed by atoms with Gasteiger partial charge in [0.15, 0.2) is 0 Å². The summed E-state index contributed by atoms with van der Waals surface area (Å²) in [7, 11) is 0. The van der Waals surface area contributed by atoms with Crippen LogP contribution in [0.4, 0.5) is 4.39 Å². The van der Waals surface area contributed by atoms with Crippen molar-refractivity contribution in [3.8, 4) is 5.75 Å². The standard InChI is InChI=1S/C11H14ClFO2/c12-5-2-6-14-8-10-3-1-4-11(7-10)15-9-13/h1,3-4,7H,2,5-6,8-9H2. The molecule has 0 saturated heterocycles. The summed E-state index contributed by atoms with van der Waals surface area (Å²) in [5, 5.41) is 0. The third-order valence-electron chi connectivity index (χ3n) is 1.81. The zero-order chi connectivity index (χ0) is 10.9. The van der Waals surface area contributed by atoms with Gasteiger partial charge in [-0.25, -0.2) is 4.39 Å². The van der Waals surface area contributed by atoms with Crippen molar-refractivity contribution in [1.82, 2.24) is 0 Å². The molecule has 0 spiro atoms. The van der Waals surface area contributed by atoms with Gasteiger partial charge in [-0.05, 0) is 24.1 Å². The van der Waals surface area contributed by atoms with E-state index in [1.54, 1.807) is 12.1 Å². The highest BCUT2D eigenvalue weighted by Crippen LogP contribution is 2.14. The zero-order valence-corrected chi connectivity index (χ0v) is 9.17. The molecule has 4 heteroatoms. The number of ether oxygens (including phenoxy) is 2. The minimum atomic E-state index is -0.809. The van der Waals surface area contributed by atoms with Crippen molar-refractivity contribution in [2.75, 3.05) is 19.3 Å². The molecule has 0 N–H and O–H groups in total. The van der Waals surface area contributed by atoms with Gasteiger partial charge in [0.05, 0.1) is 6.61 Å². The van der Waals surface area contributed by atoms with Gasteiger partial charge in [-0.3, -0.25) is 0 Å². The van der Waals surface area contributed by atoms with E-state index in [1.165, 1.54) is 0 Å². The van der Waals surface area contributed by atoms with Crippen LogP contribution in [0.25, 0.3) is 0 Å². The lowest BCUT2D eigenvalue weighted by molar-refractivity contribution is 0.121. The fraction of sp³-hybridized carbons (Fsp3) is 0.455. The van der Waals surface area contributed by atoms with Crippen molar-refractivity contribution in [3.63, 3.8) is 0 Å². The maximum Gasteiger partial charge on any atom is 0.228 e. The zero-order valence-electron chi connectivity index (χ0n) is 8.42. The molecule has 15 heavy (non-hydrogen) atoms. The van der Waals surface area contributed by atoms with Gasteiger partial charge in [0.25, 0.3) is 0 Å². The van der Waals surface area contributed by atoms with Crippen LogP contribution in [0.15, 0.2) is 24.3 Å². The van der Waals surface area contributed by atoms with Gasteiger partial charge in [-0.15, -0.1) is 11.6 Å². The van der Waals surface area contributed by atoms with Gasteiger partial charge in [0.1, 0.15) is 5.75 Å². The number of alkyl halides is 2. The molecule has 0 fully saturated rings. The molecule has 1 aromatic carbocycles. The first-order chi connectivity index (χ1) is 7.36. The van der Waals surface area contributed by atoms with Crippen molar-refractivity contribution in [2.24, 2.45) is 0 Å². The Morgan fingerprint density at radius 3 is 2.93 bits per heavy atom. The summed E-state index contributed by atoms with van der Waals surface area (Å²) in [6, 6.07) is 7.19. The Balaban J connectivity index is 2.36. The largest absolute Gasteiger partial charge is 0.463 e. The van der Waals surface area contributed by atoms with Gasteiger partial charge >= 0.3 is 0 Å². The van der Waals surface area contributed by atoms with Crippen LogP contribution >= 0.6 is 11.6 Å². The van der Waals surface area contributed by atoms with Crippen LogP contribution in [-0.2, 0) is 11.3 Å². The SMILES string of the molecule is FCOc1cccc(COCCCCl)c1. The second-order valence-electron chi connectivity index (χ2n) is 3.00. The summed E-state index contributed by atoms with van der Waals surface area (Å²) in [4.78, 5) is 0. The second kappa shape index (κ2) is 7.49. The van der Waals surface area contributed by atoms with Gasteiger partial charge < -0.3 is 9.47 Å². The van der Waals surface area contributed by atoms with Crippen molar-refractivity contribution in [1.29, 1.82) is 0 Å². The molecule has 0 heterocycles. The Morgan fingerprint density at radius 1 is 1.33 bits per heavy atom. The lowest BCUT2D eigenvalue weighted by Gasteiger charge is -2.05. The van der Waals surface area contributed by atoms with E-state index in [1.807, 2.05) is 12.1 Å². The molecule has 2 nitrogen and oxygen atoms in total. The second-order valence-corrected chi connectivity index (χ2v) is 3.37. The average Bonchev–Trinajstić information content (AvgIpc) is 2.26. The first kappa shape index (κ1) is 12.3. The Hall–Kier alpha value is -0.800. The quantitative estimate of drug-likeness (QED) is 0.531. The first-order valence-electron chi connectivity index (χ1n) is 4.78. The highest BCUT2D eigenvalue weighted by atomic mass is 35.5. The van der Waals surface area contributed by atoms with E-state index < -0.39 is 6.86 Å². The third-order valence-corrected chi connectivity index (χ3v) is 2.08. The molecule has 0 saturated carbocycles. The molecule has 0 aliphatic heterocycles. The van der Waals surface area contributed by atoms with Crippen LogP contribution in [0.1, 0.15) is 12.0 Å². The predicted octanol–water partition coefficient (Wildman–Crippen LogP) is 3.14. The van der Waals surface area contributed by atoms with Crippen LogP contribution < -0.4 is 4.74 Å². The summed E-state index contributed by atoms with van der Waals surface area (Å²) in [5.41, 5.74) is 0.968. The summed E-state index contributed by atoms with van der Waals surface area (Å²) >= 11 is 5.51. The van der Waals surface area contributed by atoms with Gasteiger partial charge in [-0.1, -0.05) is 12.1 Å². The summed E-state index contributed by atoms with van der Waals surface area (Å²) in [5.74, 6) is 1.13. The first-order valence-corrected chi connectivity index (χ1v) is 5.31. The summed E-state index contributed by atoms with van der Waals surface area (Å²) in [6.07, 6.45) is 0.836. The number of hydrogen-bond donors (Lipinski definition) is 0. The predicted molar refractivity (Wildman–Crippen MR) is 58.0 cm³/mol. The molecular weight excluding hydrogens is 219 g/mol. The topological polar surface area (TPSA) is 18.5 Å². The van der Waals surface area contributed by atoms with Crippen molar-refractivity contribution in [3.05, 3.63) is 29.8 Å². The highest BCUT2D eigenvalue weighted by molar-refractivity contribution is 6.17. The molecule has 1 aromatic rings. The Bertz CT molecular complexity index is 281. The molecule has 0 radical (unpaired) electrons. The Kier molecular flexibility index (Phi) is 6.12. The number of rotatable bonds is 7. The fourth-order valence-corrected chi connectivity index (χ4v) is 1.24. The highest BCUT2D eigenvalue weighted by Gasteiger charge is 1.97. The summed E-state index contributed by atoms with van der Waals surface area (Å²) in [6.45, 7) is 0.328. The molecular formula is C11H14ClFO2. The molecule has 0 atom stereocenters. The number of hydrogen-bond acceptors (Lipinski definition) is 2. The molecule has 0 aromatic heterocycles. The smallest absolute Gasteiger partial charge is 0.228 e. The molecule has 1 rings (SSSR count). The molecule has 0 aliphatic rings. The van der Waals surface area contributed by atoms with Crippen LogP contribution in [-0.4, -0.2) is 19.3 Å². The minimum Gasteiger partial charge on any atom is -0.463 e. The maximum atomic E-state index is 11.9. The van der Waals surface area contributed by atoms with Crippen LogP contribution in [0.3, 0.4) is 0 Å². The van der Waals surface area contributed by atoms with E-state index in [-0.39, 0.29) is 0 Å². The van der Waals surface area contributed by atoms with Crippen molar-refractivity contribution < 1.29 is 13.9 Å². The lowest BCUT2D eigenvalue weighted by Crippen LogP contribution is -1.97. The fourth-order valence-electron chi connectivity index (χ4n) is 1.13. The van der Waals surface area contributed by atoms with E-state index in [2.05, 4.69) is 0 Å². The van der Waals surface area contributed by atoms with Crippen LogP contribution in [0.5, 0.6) is 5.75 Å². The summed E-state index contributed by atoms with van der Waals surface area (Å²) < 4.78 is 22.0. The van der Waals surface area contributed by atoms with Gasteiger partial charge in [-0.2, -0.15) is 0 Å². The Labute approximate surface area is 94.0 Å². The van der Waals surface area contributed by atoms with Crippen LogP contribution in [0, 0.1) is 0 Å². The van der Waals surface area contributed by atoms with E-state index >= 15 is 0 Å². The normalized spacial score (nSPS) is 10.3. The van der Waals surface area contributed by atoms with E-state index in [0.717, 1.165) is 12.0 Å². The van der Waals surface area contributed by atoms with Crippen molar-refractivity contribution in [2.45, 2.75) is 13.0 Å². The van der Waals surface area contributed by atoms with E-state index in [0.29, 0.717) is 24.8 Å². The van der Waals surface area contributed by atoms with Crippen LogP contribution in [0.2, 0.25) is 0 Å². The molecule has 0 aliphatic carbocycles. The minimum absolute atomic E-state index is 0.500. The van der Waals surface area contributed by atoms with Gasteiger partial charge in [0, 0.05) is 12.5 Å². The van der Waals surface area contributed by atoms with E-state index in [4.69, 9.17) is 21.1 Å². The van der Waals surface area contributed by atoms with E-state index in [9.17, 15) is 4.39 Å². The molecule has 0 unspecified atom stereocenters.